The zero-order valence-electron chi connectivity index (χ0n) is 6.76. The molecule has 0 spiro atoms. The minimum atomic E-state index is -0.469. The van der Waals surface area contributed by atoms with E-state index in [4.69, 9.17) is 11.6 Å². The lowest BCUT2D eigenvalue weighted by Gasteiger charge is -2.00. The van der Waals surface area contributed by atoms with Crippen molar-refractivity contribution in [1.29, 1.82) is 0 Å². The summed E-state index contributed by atoms with van der Waals surface area (Å²) in [5.74, 6) is -0.288. The van der Waals surface area contributed by atoms with Crippen molar-refractivity contribution in [2.24, 2.45) is 0 Å². The molecule has 0 N–H and O–H groups in total. The van der Waals surface area contributed by atoms with E-state index in [0.717, 1.165) is 0 Å². The van der Waals surface area contributed by atoms with Crippen LogP contribution < -0.4 is 0 Å². The highest BCUT2D eigenvalue weighted by Gasteiger charge is 2.04. The van der Waals surface area contributed by atoms with Crippen LogP contribution >= 0.6 is 24.2 Å². The average molecular weight is 219 g/mol. The first-order valence-corrected chi connectivity index (χ1v) is 4.71. The summed E-state index contributed by atoms with van der Waals surface area (Å²) in [5.41, 5.74) is 0.713. The first-order chi connectivity index (χ1) is 6.13. The summed E-state index contributed by atoms with van der Waals surface area (Å²) < 4.78 is 12.7. The number of rotatable bonds is 3. The molecule has 0 saturated heterocycles. The van der Waals surface area contributed by atoms with Gasteiger partial charge in [0, 0.05) is 12.2 Å². The Balaban J connectivity index is 2.79. The van der Waals surface area contributed by atoms with Crippen LogP contribution in [0.25, 0.3) is 0 Å². The zero-order chi connectivity index (χ0) is 9.84. The topological polar surface area (TPSA) is 17.1 Å². The van der Waals surface area contributed by atoms with Crippen LogP contribution in [0.15, 0.2) is 18.2 Å². The van der Waals surface area contributed by atoms with Crippen LogP contribution in [0.5, 0.6) is 0 Å². The van der Waals surface area contributed by atoms with Crippen molar-refractivity contribution >= 4 is 30.0 Å². The lowest BCUT2D eigenvalue weighted by Crippen LogP contribution is -2.03. The fourth-order valence-electron chi connectivity index (χ4n) is 0.933. The smallest absolute Gasteiger partial charge is 0.146 e. The Morgan fingerprint density at radius 2 is 2.23 bits per heavy atom. The first kappa shape index (κ1) is 10.5. The second kappa shape index (κ2) is 4.63. The fourth-order valence-corrected chi connectivity index (χ4v) is 1.25. The quantitative estimate of drug-likeness (QED) is 0.772. The summed E-state index contributed by atoms with van der Waals surface area (Å²) in [4.78, 5) is 11.0. The van der Waals surface area contributed by atoms with E-state index in [-0.39, 0.29) is 23.0 Å². The molecule has 0 radical (unpaired) electrons. The van der Waals surface area contributed by atoms with Crippen molar-refractivity contribution in [2.45, 2.75) is 6.42 Å². The second-order valence-electron chi connectivity index (χ2n) is 2.62. The van der Waals surface area contributed by atoms with Crippen molar-refractivity contribution in [3.63, 3.8) is 0 Å². The van der Waals surface area contributed by atoms with Gasteiger partial charge in [0.05, 0.1) is 5.02 Å². The van der Waals surface area contributed by atoms with Crippen LogP contribution in [-0.2, 0) is 11.2 Å². The van der Waals surface area contributed by atoms with Gasteiger partial charge < -0.3 is 0 Å². The maximum Gasteiger partial charge on any atom is 0.146 e. The van der Waals surface area contributed by atoms with Crippen molar-refractivity contribution in [1.82, 2.24) is 0 Å². The van der Waals surface area contributed by atoms with E-state index in [1.54, 1.807) is 6.07 Å². The number of benzene rings is 1. The highest BCUT2D eigenvalue weighted by atomic mass is 35.5. The molecule has 0 aromatic heterocycles. The molecule has 1 aromatic rings. The van der Waals surface area contributed by atoms with Crippen LogP contribution in [0.3, 0.4) is 0 Å². The third kappa shape index (κ3) is 3.01. The van der Waals surface area contributed by atoms with Gasteiger partial charge in [0.15, 0.2) is 0 Å². The molecule has 1 aromatic carbocycles. The molecule has 0 atom stereocenters. The van der Waals surface area contributed by atoms with Gasteiger partial charge in [-0.05, 0) is 17.7 Å². The van der Waals surface area contributed by atoms with E-state index >= 15 is 0 Å². The summed E-state index contributed by atoms with van der Waals surface area (Å²) in [6, 6.07) is 4.25. The number of halogens is 2. The molecule has 70 valence electrons. The molecule has 0 aliphatic heterocycles. The fraction of sp³-hybridized carbons (Fsp3) is 0.222. The van der Waals surface area contributed by atoms with E-state index in [9.17, 15) is 9.18 Å². The standard InChI is InChI=1S/C9H8ClFOS/c10-8-4-6(1-2-9(8)11)3-7(12)5-13/h1-2,4,13H,3,5H2. The van der Waals surface area contributed by atoms with Crippen LogP contribution in [0, 0.1) is 5.82 Å². The highest BCUT2D eigenvalue weighted by molar-refractivity contribution is 7.81. The van der Waals surface area contributed by atoms with Gasteiger partial charge in [-0.25, -0.2) is 4.39 Å². The summed E-state index contributed by atoms with van der Waals surface area (Å²) in [6.07, 6.45) is 0.253. The molecule has 0 aliphatic rings. The minimum Gasteiger partial charge on any atom is -0.298 e. The predicted octanol–water partition coefficient (Wildman–Crippen LogP) is 2.52. The molecule has 0 aliphatic carbocycles. The molecule has 4 heteroatoms. The Hall–Kier alpha value is -0.540. The Morgan fingerprint density at radius 3 is 2.77 bits per heavy atom. The van der Waals surface area contributed by atoms with Crippen LogP contribution in [-0.4, -0.2) is 11.5 Å². The molecule has 0 unspecified atom stereocenters. The summed E-state index contributed by atoms with van der Waals surface area (Å²) in [6.45, 7) is 0. The number of hydrogen-bond acceptors (Lipinski definition) is 2. The molecule has 0 saturated carbocycles. The van der Waals surface area contributed by atoms with Gasteiger partial charge in [0.1, 0.15) is 11.6 Å². The molecule has 0 bridgehead atoms. The monoisotopic (exact) mass is 218 g/mol. The first-order valence-electron chi connectivity index (χ1n) is 3.70. The van der Waals surface area contributed by atoms with Gasteiger partial charge in [-0.2, -0.15) is 12.6 Å². The van der Waals surface area contributed by atoms with Crippen LogP contribution in [0.2, 0.25) is 5.02 Å². The SMILES string of the molecule is O=C(CS)Cc1ccc(F)c(Cl)c1. The maximum absolute atomic E-state index is 12.7. The summed E-state index contributed by atoms with van der Waals surface area (Å²) >= 11 is 9.37. The normalized spacial score (nSPS) is 10.1. The number of hydrogen-bond donors (Lipinski definition) is 1. The zero-order valence-corrected chi connectivity index (χ0v) is 8.41. The van der Waals surface area contributed by atoms with Crippen molar-refractivity contribution < 1.29 is 9.18 Å². The van der Waals surface area contributed by atoms with Gasteiger partial charge in [-0.1, -0.05) is 17.7 Å². The lowest BCUT2D eigenvalue weighted by molar-refractivity contribution is -0.115. The lowest BCUT2D eigenvalue weighted by atomic mass is 10.1. The highest BCUT2D eigenvalue weighted by Crippen LogP contribution is 2.16. The summed E-state index contributed by atoms with van der Waals surface area (Å²) in [5, 5.41) is 0.0458. The van der Waals surface area contributed by atoms with Gasteiger partial charge in [-0.3, -0.25) is 4.79 Å². The van der Waals surface area contributed by atoms with E-state index in [1.807, 2.05) is 0 Å². The Labute approximate surface area is 86.3 Å². The molecular weight excluding hydrogens is 211 g/mol. The largest absolute Gasteiger partial charge is 0.298 e. The Morgan fingerprint density at radius 1 is 1.54 bits per heavy atom. The van der Waals surface area contributed by atoms with Crippen molar-refractivity contribution in [3.05, 3.63) is 34.6 Å². The molecule has 1 rings (SSSR count). The van der Waals surface area contributed by atoms with Crippen LogP contribution in [0.4, 0.5) is 4.39 Å². The average Bonchev–Trinajstić information content (AvgIpc) is 2.11. The minimum absolute atomic E-state index is 0.00833. The molecule has 0 fully saturated rings. The summed E-state index contributed by atoms with van der Waals surface area (Å²) in [7, 11) is 0. The van der Waals surface area contributed by atoms with Crippen molar-refractivity contribution in [3.8, 4) is 0 Å². The molecule has 0 amide bonds. The van der Waals surface area contributed by atoms with Gasteiger partial charge in [-0.15, -0.1) is 0 Å². The van der Waals surface area contributed by atoms with E-state index in [1.165, 1.54) is 12.1 Å². The Kier molecular flexibility index (Phi) is 3.75. The number of ketones is 1. The van der Waals surface area contributed by atoms with Gasteiger partial charge in [0.25, 0.3) is 0 Å². The van der Waals surface area contributed by atoms with E-state index in [0.29, 0.717) is 5.56 Å². The number of carbonyl (C=O) groups excluding carboxylic acids is 1. The van der Waals surface area contributed by atoms with E-state index in [2.05, 4.69) is 12.6 Å². The predicted molar refractivity (Wildman–Crippen MR) is 54.0 cm³/mol. The van der Waals surface area contributed by atoms with Gasteiger partial charge >= 0.3 is 0 Å². The third-order valence-corrected chi connectivity index (χ3v) is 2.20. The maximum atomic E-state index is 12.7. The Bertz CT molecular complexity index is 327. The molecular formula is C9H8ClFOS. The van der Waals surface area contributed by atoms with Crippen molar-refractivity contribution in [2.75, 3.05) is 5.75 Å². The number of Topliss-reactive ketones (excluding diaryl/α,β-unsaturated/α-hetero) is 1. The van der Waals surface area contributed by atoms with E-state index < -0.39 is 5.82 Å². The van der Waals surface area contributed by atoms with Crippen LogP contribution in [0.1, 0.15) is 5.56 Å². The molecule has 1 nitrogen and oxygen atoms in total. The molecule has 0 heterocycles. The number of carbonyl (C=O) groups is 1. The third-order valence-electron chi connectivity index (χ3n) is 1.56. The number of thiol groups is 1. The van der Waals surface area contributed by atoms with Gasteiger partial charge in [0.2, 0.25) is 0 Å². The molecule has 13 heavy (non-hydrogen) atoms. The second-order valence-corrected chi connectivity index (χ2v) is 3.35.